The van der Waals surface area contributed by atoms with Gasteiger partial charge in [0.1, 0.15) is 18.5 Å². The number of pyridine rings is 1. The van der Waals surface area contributed by atoms with Crippen LogP contribution in [0, 0.1) is 6.92 Å². The van der Waals surface area contributed by atoms with Crippen molar-refractivity contribution in [3.8, 4) is 5.82 Å². The van der Waals surface area contributed by atoms with Gasteiger partial charge in [0.15, 0.2) is 0 Å². The van der Waals surface area contributed by atoms with Gasteiger partial charge in [-0.3, -0.25) is 9.36 Å². The van der Waals surface area contributed by atoms with Crippen molar-refractivity contribution in [2.24, 2.45) is 0 Å². The van der Waals surface area contributed by atoms with Crippen LogP contribution in [0.1, 0.15) is 15.9 Å². The van der Waals surface area contributed by atoms with Gasteiger partial charge in [0.25, 0.3) is 5.91 Å². The Morgan fingerprint density at radius 3 is 2.52 bits per heavy atom. The van der Waals surface area contributed by atoms with E-state index in [0.29, 0.717) is 11.4 Å². The second-order valence-electron chi connectivity index (χ2n) is 4.59. The maximum Gasteiger partial charge on any atom is 0.255 e. The molecule has 3 aromatic rings. The predicted octanol–water partition coefficient (Wildman–Crippen LogP) is 2.22. The zero-order valence-electron chi connectivity index (χ0n) is 11.4. The highest BCUT2D eigenvalue weighted by Gasteiger charge is 2.08. The molecular weight excluding hydrogens is 266 g/mol. The number of aryl methyl sites for hydroxylation is 1. The van der Waals surface area contributed by atoms with Crippen molar-refractivity contribution in [1.29, 1.82) is 0 Å². The molecular formula is C15H13N5O. The standard InChI is InChI=1S/C15H13N5O/c1-11-2-4-13(5-3-11)19-15(21)12-6-7-16-14(8-12)20-9-17-18-10-20/h2-10H,1H3,(H,19,21). The third-order valence-corrected chi connectivity index (χ3v) is 3.00. The molecule has 104 valence electrons. The maximum absolute atomic E-state index is 12.2. The molecule has 1 amide bonds. The summed E-state index contributed by atoms with van der Waals surface area (Å²) in [5, 5.41) is 10.3. The van der Waals surface area contributed by atoms with Gasteiger partial charge in [0.2, 0.25) is 0 Å². The van der Waals surface area contributed by atoms with Crippen LogP contribution in [0.2, 0.25) is 0 Å². The molecule has 0 saturated heterocycles. The zero-order chi connectivity index (χ0) is 14.7. The van der Waals surface area contributed by atoms with E-state index in [1.807, 2.05) is 31.2 Å². The highest BCUT2D eigenvalue weighted by Crippen LogP contribution is 2.12. The first-order chi connectivity index (χ1) is 10.2. The highest BCUT2D eigenvalue weighted by molar-refractivity contribution is 6.04. The summed E-state index contributed by atoms with van der Waals surface area (Å²) in [5.41, 5.74) is 2.43. The number of carbonyl (C=O) groups excluding carboxylic acids is 1. The Bertz CT molecular complexity index is 750. The molecule has 2 aromatic heterocycles. The maximum atomic E-state index is 12.2. The molecule has 3 rings (SSSR count). The van der Waals surface area contributed by atoms with Crippen LogP contribution in [-0.2, 0) is 0 Å². The SMILES string of the molecule is Cc1ccc(NC(=O)c2ccnc(-n3cnnc3)c2)cc1. The average molecular weight is 279 g/mol. The van der Waals surface area contributed by atoms with Gasteiger partial charge in [-0.2, -0.15) is 0 Å². The van der Waals surface area contributed by atoms with Crippen LogP contribution < -0.4 is 5.32 Å². The smallest absolute Gasteiger partial charge is 0.255 e. The van der Waals surface area contributed by atoms with Crippen molar-refractivity contribution in [2.75, 3.05) is 5.32 Å². The van der Waals surface area contributed by atoms with Crippen LogP contribution in [0.5, 0.6) is 0 Å². The van der Waals surface area contributed by atoms with Crippen molar-refractivity contribution in [3.63, 3.8) is 0 Å². The summed E-state index contributed by atoms with van der Waals surface area (Å²) >= 11 is 0. The van der Waals surface area contributed by atoms with Crippen LogP contribution in [0.4, 0.5) is 5.69 Å². The summed E-state index contributed by atoms with van der Waals surface area (Å²) in [6.07, 6.45) is 4.65. The molecule has 0 aliphatic heterocycles. The lowest BCUT2D eigenvalue weighted by Crippen LogP contribution is -2.12. The summed E-state index contributed by atoms with van der Waals surface area (Å²) in [5.74, 6) is 0.409. The van der Waals surface area contributed by atoms with Crippen molar-refractivity contribution in [3.05, 3.63) is 66.4 Å². The van der Waals surface area contributed by atoms with Gasteiger partial charge in [0, 0.05) is 17.4 Å². The average Bonchev–Trinajstić information content (AvgIpc) is 3.04. The molecule has 0 bridgehead atoms. The summed E-state index contributed by atoms with van der Waals surface area (Å²) in [4.78, 5) is 16.4. The largest absolute Gasteiger partial charge is 0.322 e. The monoisotopic (exact) mass is 279 g/mol. The fourth-order valence-corrected chi connectivity index (χ4v) is 1.86. The van der Waals surface area contributed by atoms with Gasteiger partial charge >= 0.3 is 0 Å². The van der Waals surface area contributed by atoms with Crippen LogP contribution in [-0.4, -0.2) is 25.7 Å². The van der Waals surface area contributed by atoms with E-state index in [9.17, 15) is 4.79 Å². The number of hydrogen-bond acceptors (Lipinski definition) is 4. The van der Waals surface area contributed by atoms with E-state index in [-0.39, 0.29) is 5.91 Å². The first-order valence-electron chi connectivity index (χ1n) is 6.41. The molecule has 0 fully saturated rings. The second-order valence-corrected chi connectivity index (χ2v) is 4.59. The molecule has 0 unspecified atom stereocenters. The number of rotatable bonds is 3. The molecule has 0 radical (unpaired) electrons. The second kappa shape index (κ2) is 5.54. The minimum atomic E-state index is -0.185. The molecule has 2 heterocycles. The minimum absolute atomic E-state index is 0.185. The van der Waals surface area contributed by atoms with Gasteiger partial charge in [-0.25, -0.2) is 4.98 Å². The molecule has 1 N–H and O–H groups in total. The Morgan fingerprint density at radius 2 is 1.81 bits per heavy atom. The Hall–Kier alpha value is -3.02. The van der Waals surface area contributed by atoms with Crippen LogP contribution in [0.3, 0.4) is 0 Å². The quantitative estimate of drug-likeness (QED) is 0.798. The van der Waals surface area contributed by atoms with Crippen LogP contribution in [0.25, 0.3) is 5.82 Å². The zero-order valence-corrected chi connectivity index (χ0v) is 11.4. The summed E-state index contributed by atoms with van der Waals surface area (Å²) < 4.78 is 1.64. The molecule has 0 aliphatic rings. The van der Waals surface area contributed by atoms with E-state index in [0.717, 1.165) is 11.3 Å². The molecule has 1 aromatic carbocycles. The molecule has 0 saturated carbocycles. The Morgan fingerprint density at radius 1 is 1.10 bits per heavy atom. The Balaban J connectivity index is 1.81. The lowest BCUT2D eigenvalue weighted by molar-refractivity contribution is 0.102. The number of nitrogens with zero attached hydrogens (tertiary/aromatic N) is 4. The third kappa shape index (κ3) is 2.94. The molecule has 0 atom stereocenters. The van der Waals surface area contributed by atoms with E-state index in [1.165, 1.54) is 12.7 Å². The van der Waals surface area contributed by atoms with E-state index in [2.05, 4.69) is 20.5 Å². The van der Waals surface area contributed by atoms with E-state index in [4.69, 9.17) is 0 Å². The van der Waals surface area contributed by atoms with Crippen molar-refractivity contribution in [2.45, 2.75) is 6.92 Å². The molecule has 6 heteroatoms. The summed E-state index contributed by atoms with van der Waals surface area (Å²) in [6.45, 7) is 2.00. The fraction of sp³-hybridized carbons (Fsp3) is 0.0667. The lowest BCUT2D eigenvalue weighted by Gasteiger charge is -2.07. The number of amides is 1. The number of hydrogen-bond donors (Lipinski definition) is 1. The number of benzene rings is 1. The topological polar surface area (TPSA) is 72.7 Å². The summed E-state index contributed by atoms with van der Waals surface area (Å²) in [7, 11) is 0. The van der Waals surface area contributed by atoms with Crippen molar-refractivity contribution >= 4 is 11.6 Å². The first kappa shape index (κ1) is 13.0. The molecule has 0 spiro atoms. The lowest BCUT2D eigenvalue weighted by atomic mass is 10.2. The van der Waals surface area contributed by atoms with Gasteiger partial charge in [0.05, 0.1) is 0 Å². The number of nitrogens with one attached hydrogen (secondary N) is 1. The minimum Gasteiger partial charge on any atom is -0.322 e. The number of aromatic nitrogens is 4. The van der Waals surface area contributed by atoms with Crippen LogP contribution in [0.15, 0.2) is 55.2 Å². The Labute approximate surface area is 121 Å². The van der Waals surface area contributed by atoms with E-state index >= 15 is 0 Å². The van der Waals surface area contributed by atoms with Crippen LogP contribution >= 0.6 is 0 Å². The summed E-state index contributed by atoms with van der Waals surface area (Å²) in [6, 6.07) is 11.0. The molecule has 0 aliphatic carbocycles. The number of anilines is 1. The van der Waals surface area contributed by atoms with Gasteiger partial charge in [-0.05, 0) is 31.2 Å². The van der Waals surface area contributed by atoms with E-state index in [1.54, 1.807) is 22.9 Å². The number of carbonyl (C=O) groups is 1. The third-order valence-electron chi connectivity index (χ3n) is 3.00. The van der Waals surface area contributed by atoms with E-state index < -0.39 is 0 Å². The van der Waals surface area contributed by atoms with Crippen molar-refractivity contribution < 1.29 is 4.79 Å². The normalized spacial score (nSPS) is 10.3. The van der Waals surface area contributed by atoms with Gasteiger partial charge < -0.3 is 5.32 Å². The van der Waals surface area contributed by atoms with Crippen molar-refractivity contribution in [1.82, 2.24) is 19.7 Å². The molecule has 6 nitrogen and oxygen atoms in total. The highest BCUT2D eigenvalue weighted by atomic mass is 16.1. The fourth-order valence-electron chi connectivity index (χ4n) is 1.86. The first-order valence-corrected chi connectivity index (χ1v) is 6.41. The Kier molecular flexibility index (Phi) is 3.42. The van der Waals surface area contributed by atoms with Gasteiger partial charge in [-0.1, -0.05) is 17.7 Å². The predicted molar refractivity (Wildman–Crippen MR) is 78.3 cm³/mol. The molecule has 21 heavy (non-hydrogen) atoms. The van der Waals surface area contributed by atoms with Gasteiger partial charge in [-0.15, -0.1) is 10.2 Å².